The Balaban J connectivity index is 1.46. The maximum atomic E-state index is 12.2. The van der Waals surface area contributed by atoms with Gasteiger partial charge in [-0.05, 0) is 30.3 Å². The third-order valence-corrected chi connectivity index (χ3v) is 4.64. The average molecular weight is 420 g/mol. The number of imide groups is 1. The van der Waals surface area contributed by atoms with Crippen molar-refractivity contribution >= 4 is 46.8 Å². The highest BCUT2D eigenvalue weighted by Crippen LogP contribution is 2.22. The first-order chi connectivity index (χ1) is 13.4. The van der Waals surface area contributed by atoms with Crippen LogP contribution in [0.2, 0.25) is 10.0 Å². The summed E-state index contributed by atoms with van der Waals surface area (Å²) >= 11 is 11.8. The molecule has 0 bridgehead atoms. The van der Waals surface area contributed by atoms with Gasteiger partial charge in [-0.3, -0.25) is 24.1 Å². The molecule has 7 nitrogen and oxygen atoms in total. The minimum atomic E-state index is -0.506. The summed E-state index contributed by atoms with van der Waals surface area (Å²) in [5, 5.41) is 5.81. The van der Waals surface area contributed by atoms with E-state index in [4.69, 9.17) is 23.2 Å². The molecule has 2 N–H and O–H groups in total. The molecule has 0 atom stereocenters. The highest BCUT2D eigenvalue weighted by molar-refractivity contribution is 6.36. The Kier molecular flexibility index (Phi) is 5.96. The van der Waals surface area contributed by atoms with Crippen molar-refractivity contribution < 1.29 is 19.2 Å². The molecule has 0 aliphatic carbocycles. The molecule has 2 aromatic rings. The van der Waals surface area contributed by atoms with Crippen molar-refractivity contribution in [1.29, 1.82) is 0 Å². The summed E-state index contributed by atoms with van der Waals surface area (Å²) in [6.45, 7) is -0.117. The van der Waals surface area contributed by atoms with E-state index in [-0.39, 0.29) is 41.3 Å². The Labute approximate surface area is 170 Å². The first-order valence-electron chi connectivity index (χ1n) is 8.33. The summed E-state index contributed by atoms with van der Waals surface area (Å²) in [5.74, 6) is -1.91. The number of benzene rings is 2. The molecule has 1 aliphatic rings. The van der Waals surface area contributed by atoms with Crippen LogP contribution in [0.15, 0.2) is 42.5 Å². The first kappa shape index (κ1) is 19.9. The number of carbonyl (C=O) groups is 4. The number of fused-ring (bicyclic) bond motifs is 1. The fourth-order valence-electron chi connectivity index (χ4n) is 2.73. The van der Waals surface area contributed by atoms with Crippen LogP contribution in [0.5, 0.6) is 0 Å². The lowest BCUT2D eigenvalue weighted by atomic mass is 10.1. The van der Waals surface area contributed by atoms with Gasteiger partial charge in [-0.1, -0.05) is 35.3 Å². The Morgan fingerprint density at radius 3 is 2.11 bits per heavy atom. The van der Waals surface area contributed by atoms with E-state index in [1.807, 2.05) is 0 Å². The summed E-state index contributed by atoms with van der Waals surface area (Å²) in [4.78, 5) is 49.4. The molecule has 0 spiro atoms. The molecule has 4 amide bonds. The topological polar surface area (TPSA) is 95.6 Å². The van der Waals surface area contributed by atoms with Gasteiger partial charge in [-0.15, -0.1) is 0 Å². The van der Waals surface area contributed by atoms with Crippen LogP contribution in [0.3, 0.4) is 0 Å². The van der Waals surface area contributed by atoms with Crippen LogP contribution in [0.4, 0.5) is 0 Å². The zero-order valence-electron chi connectivity index (χ0n) is 14.5. The van der Waals surface area contributed by atoms with Crippen molar-refractivity contribution in [3.8, 4) is 0 Å². The van der Waals surface area contributed by atoms with Gasteiger partial charge in [0, 0.05) is 18.1 Å². The number of hydrogen-bond donors (Lipinski definition) is 2. The van der Waals surface area contributed by atoms with Crippen LogP contribution in [-0.4, -0.2) is 48.2 Å². The van der Waals surface area contributed by atoms with Crippen molar-refractivity contribution in [2.45, 2.75) is 0 Å². The number of hydrogen-bond acceptors (Lipinski definition) is 4. The molecule has 1 heterocycles. The third kappa shape index (κ3) is 4.16. The molecular weight excluding hydrogens is 405 g/mol. The maximum absolute atomic E-state index is 12.2. The predicted molar refractivity (Wildman–Crippen MR) is 104 cm³/mol. The van der Waals surface area contributed by atoms with E-state index in [9.17, 15) is 19.2 Å². The summed E-state index contributed by atoms with van der Waals surface area (Å²) in [6.07, 6.45) is 0. The normalized spacial score (nSPS) is 12.7. The molecule has 0 fully saturated rings. The molecule has 144 valence electrons. The predicted octanol–water partition coefficient (Wildman–Crippen LogP) is 2.14. The molecule has 0 radical (unpaired) electrons. The molecule has 28 heavy (non-hydrogen) atoms. The molecule has 0 aromatic heterocycles. The number of nitrogens with zero attached hydrogens (tertiary/aromatic N) is 1. The Morgan fingerprint density at radius 1 is 0.893 bits per heavy atom. The van der Waals surface area contributed by atoms with Gasteiger partial charge >= 0.3 is 0 Å². The van der Waals surface area contributed by atoms with Gasteiger partial charge < -0.3 is 10.6 Å². The number of rotatable bonds is 6. The molecule has 0 saturated carbocycles. The summed E-state index contributed by atoms with van der Waals surface area (Å²) in [6, 6.07) is 10.9. The lowest BCUT2D eigenvalue weighted by molar-refractivity contribution is -0.121. The van der Waals surface area contributed by atoms with Crippen LogP contribution in [-0.2, 0) is 4.79 Å². The van der Waals surface area contributed by atoms with Crippen molar-refractivity contribution in [2.24, 2.45) is 0 Å². The van der Waals surface area contributed by atoms with Crippen molar-refractivity contribution in [2.75, 3.05) is 19.6 Å². The van der Waals surface area contributed by atoms with Crippen LogP contribution in [0.1, 0.15) is 31.1 Å². The number of nitrogens with one attached hydrogen (secondary N) is 2. The van der Waals surface area contributed by atoms with Gasteiger partial charge in [0.1, 0.15) is 6.54 Å². The molecule has 1 aliphatic heterocycles. The van der Waals surface area contributed by atoms with Gasteiger partial charge in [0.2, 0.25) is 5.91 Å². The highest BCUT2D eigenvalue weighted by atomic mass is 35.5. The van der Waals surface area contributed by atoms with Crippen LogP contribution in [0, 0.1) is 0 Å². The van der Waals surface area contributed by atoms with Gasteiger partial charge in [0.05, 0.1) is 21.7 Å². The van der Waals surface area contributed by atoms with E-state index in [1.54, 1.807) is 30.3 Å². The molecule has 2 aromatic carbocycles. The zero-order valence-corrected chi connectivity index (χ0v) is 16.0. The quantitative estimate of drug-likeness (QED) is 0.553. The van der Waals surface area contributed by atoms with E-state index in [2.05, 4.69) is 10.6 Å². The number of halogens is 2. The van der Waals surface area contributed by atoms with Crippen LogP contribution >= 0.6 is 23.2 Å². The highest BCUT2D eigenvalue weighted by Gasteiger charge is 2.36. The van der Waals surface area contributed by atoms with E-state index in [0.29, 0.717) is 5.02 Å². The van der Waals surface area contributed by atoms with Crippen molar-refractivity contribution in [3.63, 3.8) is 0 Å². The maximum Gasteiger partial charge on any atom is 0.262 e. The van der Waals surface area contributed by atoms with E-state index in [0.717, 1.165) is 4.90 Å². The SMILES string of the molecule is O=C(CN1C(=O)c2ccccc2C1=O)NCCNC(=O)c1ccc(Cl)cc1Cl. The van der Waals surface area contributed by atoms with E-state index >= 15 is 0 Å². The van der Waals surface area contributed by atoms with Gasteiger partial charge in [0.15, 0.2) is 0 Å². The minimum Gasteiger partial charge on any atom is -0.353 e. The molecule has 0 unspecified atom stereocenters. The molecular formula is C19H15Cl2N3O4. The minimum absolute atomic E-state index is 0.124. The average Bonchev–Trinajstić information content (AvgIpc) is 2.90. The second-order valence-electron chi connectivity index (χ2n) is 5.97. The standard InChI is InChI=1S/C19H15Cl2N3O4/c20-11-5-6-14(15(21)9-11)17(26)23-8-7-22-16(25)10-24-18(27)12-3-1-2-4-13(12)19(24)28/h1-6,9H,7-8,10H2,(H,22,25)(H,23,26). The first-order valence-corrected chi connectivity index (χ1v) is 9.09. The second-order valence-corrected chi connectivity index (χ2v) is 6.82. The molecule has 0 saturated heterocycles. The summed E-state index contributed by atoms with van der Waals surface area (Å²) < 4.78 is 0. The second kappa shape index (κ2) is 8.41. The monoisotopic (exact) mass is 419 g/mol. The Bertz CT molecular complexity index is 942. The third-order valence-electron chi connectivity index (χ3n) is 4.09. The van der Waals surface area contributed by atoms with E-state index < -0.39 is 23.6 Å². The summed E-state index contributed by atoms with van der Waals surface area (Å²) in [7, 11) is 0. The van der Waals surface area contributed by atoms with Crippen molar-refractivity contribution in [1.82, 2.24) is 15.5 Å². The largest absolute Gasteiger partial charge is 0.353 e. The van der Waals surface area contributed by atoms with Gasteiger partial charge in [0.25, 0.3) is 17.7 Å². The van der Waals surface area contributed by atoms with Crippen LogP contribution in [0.25, 0.3) is 0 Å². The zero-order chi connectivity index (χ0) is 20.3. The Morgan fingerprint density at radius 2 is 1.50 bits per heavy atom. The Hall–Kier alpha value is -2.90. The lowest BCUT2D eigenvalue weighted by Gasteiger charge is -2.14. The van der Waals surface area contributed by atoms with Crippen molar-refractivity contribution in [3.05, 3.63) is 69.2 Å². The van der Waals surface area contributed by atoms with E-state index in [1.165, 1.54) is 12.1 Å². The van der Waals surface area contributed by atoms with Gasteiger partial charge in [-0.2, -0.15) is 0 Å². The smallest absolute Gasteiger partial charge is 0.262 e. The molecule has 3 rings (SSSR count). The number of carbonyl (C=O) groups excluding carboxylic acids is 4. The summed E-state index contributed by atoms with van der Waals surface area (Å²) in [5.41, 5.74) is 0.836. The van der Waals surface area contributed by atoms with Crippen LogP contribution < -0.4 is 10.6 Å². The lowest BCUT2D eigenvalue weighted by Crippen LogP contribution is -2.42. The fourth-order valence-corrected chi connectivity index (χ4v) is 3.22. The molecule has 9 heteroatoms. The fraction of sp³-hybridized carbons (Fsp3) is 0.158. The van der Waals surface area contributed by atoms with Gasteiger partial charge in [-0.25, -0.2) is 0 Å². The number of amides is 4.